The topological polar surface area (TPSA) is 84.7 Å². The van der Waals surface area contributed by atoms with Crippen LogP contribution in [0, 0.1) is 0 Å². The highest BCUT2D eigenvalue weighted by Gasteiger charge is 2.18. The average molecular weight is 339 g/mol. The van der Waals surface area contributed by atoms with Crippen molar-refractivity contribution in [2.75, 3.05) is 30.7 Å². The van der Waals surface area contributed by atoms with Gasteiger partial charge in [0, 0.05) is 36.1 Å². The Kier molecular flexibility index (Phi) is 5.18. The lowest BCUT2D eigenvalue weighted by atomic mass is 10.2. The van der Waals surface area contributed by atoms with Crippen molar-refractivity contribution in [3.63, 3.8) is 0 Å². The van der Waals surface area contributed by atoms with E-state index < -0.39 is 0 Å². The molecule has 6 nitrogen and oxygen atoms in total. The molecule has 0 radical (unpaired) electrons. The molecule has 0 aromatic heterocycles. The molecular formula is C19H21N3O3. The van der Waals surface area contributed by atoms with Crippen LogP contribution < -0.4 is 15.8 Å². The Balaban J connectivity index is 1.58. The van der Waals surface area contributed by atoms with E-state index in [9.17, 15) is 9.59 Å². The monoisotopic (exact) mass is 339 g/mol. The van der Waals surface area contributed by atoms with Crippen LogP contribution >= 0.6 is 0 Å². The summed E-state index contributed by atoms with van der Waals surface area (Å²) in [6, 6.07) is 13.7. The fraction of sp³-hybridized carbons (Fsp3) is 0.263. The molecule has 130 valence electrons. The standard InChI is InChI=1S/C19H21N3O3/c20-15-8-6-14(7-9-15)19(24)21-16-4-3-5-17(12-16)25-13-18(23)22-10-1-2-11-22/h3-9,12H,1-2,10-11,13,20H2,(H,21,24). The molecule has 1 fully saturated rings. The van der Waals surface area contributed by atoms with Crippen LogP contribution in [0.15, 0.2) is 48.5 Å². The zero-order valence-corrected chi connectivity index (χ0v) is 13.9. The molecule has 0 unspecified atom stereocenters. The van der Waals surface area contributed by atoms with Crippen LogP contribution in [0.5, 0.6) is 5.75 Å². The molecule has 2 aromatic carbocycles. The first-order valence-corrected chi connectivity index (χ1v) is 8.29. The number of carbonyl (C=O) groups is 2. The van der Waals surface area contributed by atoms with Crippen LogP contribution in [-0.4, -0.2) is 36.4 Å². The summed E-state index contributed by atoms with van der Waals surface area (Å²) in [6.45, 7) is 1.62. The number of nitrogens with one attached hydrogen (secondary N) is 1. The number of anilines is 2. The second-order valence-electron chi connectivity index (χ2n) is 5.98. The van der Waals surface area contributed by atoms with E-state index in [1.165, 1.54) is 0 Å². The summed E-state index contributed by atoms with van der Waals surface area (Å²) in [5, 5.41) is 2.81. The Bertz CT molecular complexity index is 753. The van der Waals surface area contributed by atoms with Crippen LogP contribution in [0.25, 0.3) is 0 Å². The molecule has 0 bridgehead atoms. The van der Waals surface area contributed by atoms with Gasteiger partial charge in [0.05, 0.1) is 0 Å². The lowest BCUT2D eigenvalue weighted by Gasteiger charge is -2.15. The fourth-order valence-electron chi connectivity index (χ4n) is 2.70. The molecule has 1 saturated heterocycles. The second-order valence-corrected chi connectivity index (χ2v) is 5.98. The number of amides is 2. The fourth-order valence-corrected chi connectivity index (χ4v) is 2.70. The molecule has 25 heavy (non-hydrogen) atoms. The van der Waals surface area contributed by atoms with Crippen molar-refractivity contribution in [1.29, 1.82) is 0 Å². The number of nitrogen functional groups attached to an aromatic ring is 1. The SMILES string of the molecule is Nc1ccc(C(=O)Nc2cccc(OCC(=O)N3CCCC3)c2)cc1. The number of hydrogen-bond donors (Lipinski definition) is 2. The first kappa shape index (κ1) is 16.8. The third-order valence-electron chi connectivity index (χ3n) is 4.09. The lowest BCUT2D eigenvalue weighted by Crippen LogP contribution is -2.32. The molecule has 0 spiro atoms. The smallest absolute Gasteiger partial charge is 0.260 e. The Hall–Kier alpha value is -3.02. The number of nitrogens with two attached hydrogens (primary N) is 1. The van der Waals surface area contributed by atoms with E-state index in [0.717, 1.165) is 25.9 Å². The summed E-state index contributed by atoms with van der Waals surface area (Å²) in [6.07, 6.45) is 2.11. The summed E-state index contributed by atoms with van der Waals surface area (Å²) in [5.74, 6) is 0.307. The molecule has 3 rings (SSSR count). The summed E-state index contributed by atoms with van der Waals surface area (Å²) < 4.78 is 5.56. The maximum absolute atomic E-state index is 12.2. The normalized spacial score (nSPS) is 13.5. The maximum Gasteiger partial charge on any atom is 0.260 e. The average Bonchev–Trinajstić information content (AvgIpc) is 3.15. The zero-order valence-electron chi connectivity index (χ0n) is 13.9. The number of hydrogen-bond acceptors (Lipinski definition) is 4. The third kappa shape index (κ3) is 4.50. The van der Waals surface area contributed by atoms with Gasteiger partial charge < -0.3 is 20.7 Å². The van der Waals surface area contributed by atoms with Crippen LogP contribution in [0.3, 0.4) is 0 Å². The van der Waals surface area contributed by atoms with E-state index in [2.05, 4.69) is 5.32 Å². The van der Waals surface area contributed by atoms with E-state index in [-0.39, 0.29) is 18.4 Å². The highest BCUT2D eigenvalue weighted by Crippen LogP contribution is 2.19. The Morgan fingerprint density at radius 2 is 1.80 bits per heavy atom. The summed E-state index contributed by atoms with van der Waals surface area (Å²) in [7, 11) is 0. The molecule has 6 heteroatoms. The molecule has 2 amide bonds. The number of carbonyl (C=O) groups excluding carboxylic acids is 2. The molecular weight excluding hydrogens is 318 g/mol. The quantitative estimate of drug-likeness (QED) is 0.820. The van der Waals surface area contributed by atoms with E-state index in [1.807, 2.05) is 4.90 Å². The van der Waals surface area contributed by atoms with Crippen molar-refractivity contribution >= 4 is 23.2 Å². The Morgan fingerprint density at radius 1 is 1.08 bits per heavy atom. The number of likely N-dealkylation sites (tertiary alicyclic amines) is 1. The van der Waals surface area contributed by atoms with Crippen molar-refractivity contribution in [3.8, 4) is 5.75 Å². The van der Waals surface area contributed by atoms with Crippen LogP contribution in [0.2, 0.25) is 0 Å². The van der Waals surface area contributed by atoms with Crippen molar-refractivity contribution in [2.45, 2.75) is 12.8 Å². The van der Waals surface area contributed by atoms with Crippen molar-refractivity contribution < 1.29 is 14.3 Å². The van der Waals surface area contributed by atoms with Gasteiger partial charge in [0.25, 0.3) is 11.8 Å². The van der Waals surface area contributed by atoms with Gasteiger partial charge in [-0.25, -0.2) is 0 Å². The predicted molar refractivity (Wildman–Crippen MR) is 96.6 cm³/mol. The zero-order chi connectivity index (χ0) is 17.6. The van der Waals surface area contributed by atoms with Gasteiger partial charge >= 0.3 is 0 Å². The second kappa shape index (κ2) is 7.70. The molecule has 1 aliphatic heterocycles. The number of benzene rings is 2. The minimum Gasteiger partial charge on any atom is -0.484 e. The third-order valence-corrected chi connectivity index (χ3v) is 4.09. The van der Waals surface area contributed by atoms with Gasteiger partial charge in [0.15, 0.2) is 6.61 Å². The Morgan fingerprint density at radius 3 is 2.52 bits per heavy atom. The summed E-state index contributed by atoms with van der Waals surface area (Å²) in [4.78, 5) is 26.1. The van der Waals surface area contributed by atoms with Gasteiger partial charge in [0.2, 0.25) is 0 Å². The van der Waals surface area contributed by atoms with E-state index in [0.29, 0.717) is 22.7 Å². The van der Waals surface area contributed by atoms with Crippen LogP contribution in [-0.2, 0) is 4.79 Å². The van der Waals surface area contributed by atoms with Crippen molar-refractivity contribution in [1.82, 2.24) is 4.90 Å². The maximum atomic E-state index is 12.2. The van der Waals surface area contributed by atoms with Crippen molar-refractivity contribution in [2.24, 2.45) is 0 Å². The molecule has 3 N–H and O–H groups in total. The molecule has 0 aliphatic carbocycles. The largest absolute Gasteiger partial charge is 0.484 e. The van der Waals surface area contributed by atoms with Crippen LogP contribution in [0.4, 0.5) is 11.4 Å². The van der Waals surface area contributed by atoms with E-state index in [4.69, 9.17) is 10.5 Å². The highest BCUT2D eigenvalue weighted by molar-refractivity contribution is 6.04. The number of rotatable bonds is 5. The molecule has 0 atom stereocenters. The van der Waals surface area contributed by atoms with Gasteiger partial charge in [-0.15, -0.1) is 0 Å². The summed E-state index contributed by atoms with van der Waals surface area (Å²) in [5.41, 5.74) is 7.35. The lowest BCUT2D eigenvalue weighted by molar-refractivity contribution is -0.132. The minimum absolute atomic E-state index is 0.00573. The van der Waals surface area contributed by atoms with Gasteiger partial charge in [-0.2, -0.15) is 0 Å². The molecule has 2 aromatic rings. The van der Waals surface area contributed by atoms with Crippen LogP contribution in [0.1, 0.15) is 23.2 Å². The minimum atomic E-state index is -0.231. The molecule has 0 saturated carbocycles. The number of ether oxygens (including phenoxy) is 1. The van der Waals surface area contributed by atoms with Gasteiger partial charge in [-0.05, 0) is 49.2 Å². The summed E-state index contributed by atoms with van der Waals surface area (Å²) >= 11 is 0. The van der Waals surface area contributed by atoms with E-state index >= 15 is 0 Å². The molecule has 1 aliphatic rings. The molecule has 1 heterocycles. The van der Waals surface area contributed by atoms with Gasteiger partial charge in [0.1, 0.15) is 5.75 Å². The van der Waals surface area contributed by atoms with Gasteiger partial charge in [-0.3, -0.25) is 9.59 Å². The van der Waals surface area contributed by atoms with E-state index in [1.54, 1.807) is 48.5 Å². The van der Waals surface area contributed by atoms with Crippen molar-refractivity contribution in [3.05, 3.63) is 54.1 Å². The predicted octanol–water partition coefficient (Wildman–Crippen LogP) is 2.52. The first-order chi connectivity index (χ1) is 12.1. The first-order valence-electron chi connectivity index (χ1n) is 8.29. The number of nitrogens with zero attached hydrogens (tertiary/aromatic N) is 1. The Labute approximate surface area is 146 Å². The van der Waals surface area contributed by atoms with Gasteiger partial charge in [-0.1, -0.05) is 6.07 Å². The highest BCUT2D eigenvalue weighted by atomic mass is 16.5.